The number of halogens is 1. The van der Waals surface area contributed by atoms with Crippen molar-refractivity contribution < 1.29 is 13.9 Å². The number of hydrogen-bond donors (Lipinski definition) is 1. The molecule has 0 fully saturated rings. The van der Waals surface area contributed by atoms with Gasteiger partial charge in [-0.2, -0.15) is 0 Å². The molecule has 0 spiro atoms. The Hall–Kier alpha value is -1.51. The van der Waals surface area contributed by atoms with E-state index in [0.717, 1.165) is 9.90 Å². The first kappa shape index (κ1) is 14.9. The van der Waals surface area contributed by atoms with Crippen molar-refractivity contribution in [2.45, 2.75) is 10.1 Å². The van der Waals surface area contributed by atoms with Gasteiger partial charge in [0.25, 0.3) is 5.91 Å². The zero-order valence-corrected chi connectivity index (χ0v) is 12.3. The molecule has 1 heterocycles. The van der Waals surface area contributed by atoms with E-state index in [2.05, 4.69) is 15.5 Å². The first-order valence-electron chi connectivity index (χ1n) is 5.67. The van der Waals surface area contributed by atoms with E-state index in [1.165, 1.54) is 42.3 Å². The molecule has 0 unspecified atom stereocenters. The topological polar surface area (TPSA) is 64.1 Å². The summed E-state index contributed by atoms with van der Waals surface area (Å²) in [6, 6.07) is 6.30. The predicted octanol–water partition coefficient (Wildman–Crippen LogP) is 2.55. The Morgan fingerprint density at radius 3 is 2.85 bits per heavy atom. The molecule has 5 nitrogen and oxygen atoms in total. The smallest absolute Gasteiger partial charge is 0.252 e. The highest BCUT2D eigenvalue weighted by molar-refractivity contribution is 8.00. The Balaban J connectivity index is 1.86. The fourth-order valence-electron chi connectivity index (χ4n) is 1.33. The standard InChI is InChI=1S/C12H12FN3O2S2/c1-18-6-10(17)14-11-15-16-12(20-11)19-7-8-2-4-9(13)5-3-8/h2-5H,6-7H2,1H3,(H,14,15,17). The molecule has 1 aromatic heterocycles. The van der Waals surface area contributed by atoms with Crippen molar-refractivity contribution in [1.82, 2.24) is 10.2 Å². The Morgan fingerprint density at radius 1 is 1.40 bits per heavy atom. The molecule has 0 saturated heterocycles. The summed E-state index contributed by atoms with van der Waals surface area (Å²) in [6.45, 7) is -0.0162. The summed E-state index contributed by atoms with van der Waals surface area (Å²) in [4.78, 5) is 11.3. The first-order chi connectivity index (χ1) is 9.67. The summed E-state index contributed by atoms with van der Waals surface area (Å²) in [5, 5.41) is 10.9. The minimum atomic E-state index is -0.265. The normalized spacial score (nSPS) is 10.5. The number of aromatic nitrogens is 2. The molecule has 0 atom stereocenters. The van der Waals surface area contributed by atoms with Gasteiger partial charge in [-0.3, -0.25) is 10.1 Å². The van der Waals surface area contributed by atoms with Crippen LogP contribution < -0.4 is 5.32 Å². The fraction of sp³-hybridized carbons (Fsp3) is 0.250. The molecule has 1 aromatic carbocycles. The van der Waals surface area contributed by atoms with Crippen LogP contribution in [0.3, 0.4) is 0 Å². The van der Waals surface area contributed by atoms with E-state index in [-0.39, 0.29) is 18.3 Å². The highest BCUT2D eigenvalue weighted by Gasteiger charge is 2.08. The number of benzene rings is 1. The van der Waals surface area contributed by atoms with Crippen molar-refractivity contribution in [1.29, 1.82) is 0 Å². The van der Waals surface area contributed by atoms with Crippen molar-refractivity contribution in [3.63, 3.8) is 0 Å². The molecule has 0 saturated carbocycles. The van der Waals surface area contributed by atoms with Crippen molar-refractivity contribution in [3.05, 3.63) is 35.6 Å². The summed E-state index contributed by atoms with van der Waals surface area (Å²) in [6.07, 6.45) is 0. The first-order valence-corrected chi connectivity index (χ1v) is 7.47. The van der Waals surface area contributed by atoms with Crippen LogP contribution in [-0.4, -0.2) is 29.8 Å². The molecule has 106 valence electrons. The van der Waals surface area contributed by atoms with E-state index in [0.29, 0.717) is 10.9 Å². The highest BCUT2D eigenvalue weighted by atomic mass is 32.2. The van der Waals surface area contributed by atoms with Gasteiger partial charge in [0.15, 0.2) is 4.34 Å². The number of nitrogens with one attached hydrogen (secondary N) is 1. The molecule has 0 radical (unpaired) electrons. The maximum atomic E-state index is 12.8. The summed E-state index contributed by atoms with van der Waals surface area (Å²) in [5.74, 6) is 0.150. The molecule has 2 aromatic rings. The van der Waals surface area contributed by atoms with Gasteiger partial charge in [0, 0.05) is 12.9 Å². The van der Waals surface area contributed by atoms with Gasteiger partial charge in [-0.1, -0.05) is 35.2 Å². The van der Waals surface area contributed by atoms with Crippen LogP contribution in [0.2, 0.25) is 0 Å². The highest BCUT2D eigenvalue weighted by Crippen LogP contribution is 2.28. The van der Waals surface area contributed by atoms with E-state index in [1.807, 2.05) is 0 Å². The summed E-state index contributed by atoms with van der Waals surface area (Å²) >= 11 is 2.77. The Kier molecular flexibility index (Phi) is 5.45. The number of amides is 1. The van der Waals surface area contributed by atoms with E-state index >= 15 is 0 Å². The lowest BCUT2D eigenvalue weighted by molar-refractivity contribution is -0.119. The number of nitrogens with zero attached hydrogens (tertiary/aromatic N) is 2. The number of rotatable bonds is 6. The predicted molar refractivity (Wildman–Crippen MR) is 76.4 cm³/mol. The fourth-order valence-corrected chi connectivity index (χ4v) is 3.05. The number of ether oxygens (including phenoxy) is 1. The van der Waals surface area contributed by atoms with Crippen LogP contribution in [0.25, 0.3) is 0 Å². The Labute approximate surface area is 123 Å². The van der Waals surface area contributed by atoms with Gasteiger partial charge in [-0.15, -0.1) is 10.2 Å². The van der Waals surface area contributed by atoms with Gasteiger partial charge >= 0.3 is 0 Å². The summed E-state index contributed by atoms with van der Waals surface area (Å²) in [5.41, 5.74) is 0.997. The molecule has 2 rings (SSSR count). The summed E-state index contributed by atoms with van der Waals surface area (Å²) in [7, 11) is 1.45. The molecule has 1 N–H and O–H groups in total. The second-order valence-corrected chi connectivity index (χ2v) is 5.97. The maximum Gasteiger partial charge on any atom is 0.252 e. The third-order valence-corrected chi connectivity index (χ3v) is 4.25. The second-order valence-electron chi connectivity index (χ2n) is 3.77. The molecule has 1 amide bonds. The molecular weight excluding hydrogens is 301 g/mol. The molecule has 0 aliphatic heterocycles. The number of anilines is 1. The van der Waals surface area contributed by atoms with Crippen LogP contribution in [-0.2, 0) is 15.3 Å². The van der Waals surface area contributed by atoms with Gasteiger partial charge < -0.3 is 4.74 Å². The molecule has 0 aliphatic carbocycles. The molecule has 8 heteroatoms. The van der Waals surface area contributed by atoms with Crippen LogP contribution in [0.5, 0.6) is 0 Å². The molecule has 0 aliphatic rings. The Bertz CT molecular complexity index is 574. The van der Waals surface area contributed by atoms with Crippen LogP contribution in [0.1, 0.15) is 5.56 Å². The van der Waals surface area contributed by atoms with Gasteiger partial charge in [-0.25, -0.2) is 4.39 Å². The van der Waals surface area contributed by atoms with Crippen LogP contribution in [0.4, 0.5) is 9.52 Å². The van der Waals surface area contributed by atoms with Crippen molar-refractivity contribution >= 4 is 34.1 Å². The third-order valence-electron chi connectivity index (χ3n) is 2.20. The van der Waals surface area contributed by atoms with Crippen molar-refractivity contribution in [2.24, 2.45) is 0 Å². The van der Waals surface area contributed by atoms with Gasteiger partial charge in [0.1, 0.15) is 12.4 Å². The van der Waals surface area contributed by atoms with E-state index < -0.39 is 0 Å². The zero-order valence-electron chi connectivity index (χ0n) is 10.6. The lowest BCUT2D eigenvalue weighted by atomic mass is 10.2. The number of thioether (sulfide) groups is 1. The number of hydrogen-bond acceptors (Lipinski definition) is 6. The minimum absolute atomic E-state index is 0.0162. The maximum absolute atomic E-state index is 12.8. The second kappa shape index (κ2) is 7.32. The minimum Gasteiger partial charge on any atom is -0.375 e. The lowest BCUT2D eigenvalue weighted by Crippen LogP contribution is -2.16. The number of methoxy groups -OCH3 is 1. The molecule has 20 heavy (non-hydrogen) atoms. The van der Waals surface area contributed by atoms with Gasteiger partial charge in [-0.05, 0) is 17.7 Å². The Morgan fingerprint density at radius 2 is 2.15 bits per heavy atom. The quantitative estimate of drug-likeness (QED) is 0.656. The van der Waals surface area contributed by atoms with Crippen LogP contribution in [0.15, 0.2) is 28.6 Å². The van der Waals surface area contributed by atoms with E-state index in [4.69, 9.17) is 4.74 Å². The average molecular weight is 313 g/mol. The van der Waals surface area contributed by atoms with Gasteiger partial charge in [0.05, 0.1) is 0 Å². The number of carbonyl (C=O) groups is 1. The molecule has 0 bridgehead atoms. The largest absolute Gasteiger partial charge is 0.375 e. The average Bonchev–Trinajstić information content (AvgIpc) is 2.86. The van der Waals surface area contributed by atoms with E-state index in [9.17, 15) is 9.18 Å². The lowest BCUT2D eigenvalue weighted by Gasteiger charge is -1.98. The number of carbonyl (C=O) groups excluding carboxylic acids is 1. The SMILES string of the molecule is COCC(=O)Nc1nnc(SCc2ccc(F)cc2)s1. The van der Waals surface area contributed by atoms with Crippen LogP contribution >= 0.6 is 23.1 Å². The van der Waals surface area contributed by atoms with Crippen molar-refractivity contribution in [3.8, 4) is 0 Å². The summed E-state index contributed by atoms with van der Waals surface area (Å²) < 4.78 is 18.2. The van der Waals surface area contributed by atoms with E-state index in [1.54, 1.807) is 12.1 Å². The zero-order chi connectivity index (χ0) is 14.4. The third kappa shape index (κ3) is 4.55. The van der Waals surface area contributed by atoms with Crippen molar-refractivity contribution in [2.75, 3.05) is 19.0 Å². The monoisotopic (exact) mass is 313 g/mol. The molecular formula is C12H12FN3O2S2. The van der Waals surface area contributed by atoms with Gasteiger partial charge in [0.2, 0.25) is 5.13 Å². The van der Waals surface area contributed by atoms with Crippen LogP contribution in [0, 0.1) is 5.82 Å².